The van der Waals surface area contributed by atoms with Crippen molar-refractivity contribution < 1.29 is 28.2 Å². The summed E-state index contributed by atoms with van der Waals surface area (Å²) >= 11 is 1.41. The van der Waals surface area contributed by atoms with E-state index in [2.05, 4.69) is 15.4 Å². The first-order chi connectivity index (χ1) is 12.5. The predicted octanol–water partition coefficient (Wildman–Crippen LogP) is -1.66. The second-order valence-corrected chi connectivity index (χ2v) is 9.65. The summed E-state index contributed by atoms with van der Waals surface area (Å²) in [7, 11) is -3.76. The molecule has 0 aliphatic carbocycles. The molecule has 154 valence electrons. The second-order valence-electron chi connectivity index (χ2n) is 6.93. The summed E-state index contributed by atoms with van der Waals surface area (Å²) in [5, 5.41) is 30.4. The van der Waals surface area contributed by atoms with Crippen LogP contribution >= 0.6 is 11.8 Å². The molecule has 0 radical (unpaired) electrons. The highest BCUT2D eigenvalue weighted by atomic mass is 32.2. The monoisotopic (exact) mass is 422 g/mol. The molecular weight excluding hydrogens is 396 g/mol. The molecule has 27 heavy (non-hydrogen) atoms. The molecule has 2 aliphatic heterocycles. The lowest BCUT2D eigenvalue weighted by Gasteiger charge is -2.26. The number of carboxylic acids is 1. The highest BCUT2D eigenvalue weighted by Crippen LogP contribution is 2.41. The molecule has 0 saturated carbocycles. The van der Waals surface area contributed by atoms with Crippen molar-refractivity contribution in [3.05, 3.63) is 10.6 Å². The molecular formula is C15H26N4O6S2. The number of rotatable bonds is 9. The average Bonchev–Trinajstić information content (AvgIpc) is 3.12. The Morgan fingerprint density at radius 1 is 1.52 bits per heavy atom. The van der Waals surface area contributed by atoms with Gasteiger partial charge < -0.3 is 25.6 Å². The van der Waals surface area contributed by atoms with Crippen molar-refractivity contribution in [2.75, 3.05) is 13.1 Å². The lowest BCUT2D eigenvalue weighted by Crippen LogP contribution is -2.42. The number of nitrogens with two attached hydrogens (primary N) is 1. The van der Waals surface area contributed by atoms with Gasteiger partial charge in [-0.25, -0.2) is 14.7 Å². The van der Waals surface area contributed by atoms with E-state index in [9.17, 15) is 28.2 Å². The Labute approximate surface area is 162 Å². The zero-order chi connectivity index (χ0) is 20.4. The van der Waals surface area contributed by atoms with Gasteiger partial charge in [0.1, 0.15) is 12.0 Å². The predicted molar refractivity (Wildman–Crippen MR) is 101 cm³/mol. The van der Waals surface area contributed by atoms with E-state index < -0.39 is 34.2 Å². The third-order valence-electron chi connectivity index (χ3n) is 4.86. The standard InChI is InChI=1S/C15H26N4O6S2/c1-7-12(11(6-20)8(2)21)19-13(15(22)23)14(7)26-10-3-9(17-5-10)4-18-27(16,24)25/h6-12,17-19,21H,3-5H2,1-2H3,(H,22,23)(H2,16,24,25)/t7-,8-,9+,10+,11-,12-/m1/s1. The number of thioether (sulfide) groups is 1. The van der Waals surface area contributed by atoms with Crippen LogP contribution in [0.4, 0.5) is 0 Å². The van der Waals surface area contributed by atoms with Crippen LogP contribution in [-0.2, 0) is 19.8 Å². The molecule has 0 amide bonds. The van der Waals surface area contributed by atoms with Gasteiger partial charge in [-0.2, -0.15) is 8.42 Å². The number of nitrogens with one attached hydrogen (secondary N) is 3. The Morgan fingerprint density at radius 2 is 2.19 bits per heavy atom. The summed E-state index contributed by atoms with van der Waals surface area (Å²) in [4.78, 5) is 23.6. The lowest BCUT2D eigenvalue weighted by molar-refractivity contribution is -0.133. The molecule has 0 unspecified atom stereocenters. The fourth-order valence-corrected chi connectivity index (χ4v) is 5.36. The molecule has 2 rings (SSSR count). The second kappa shape index (κ2) is 8.88. The normalized spacial score (nSPS) is 30.8. The van der Waals surface area contributed by atoms with Gasteiger partial charge >= 0.3 is 5.97 Å². The van der Waals surface area contributed by atoms with Gasteiger partial charge in [-0.15, -0.1) is 11.8 Å². The van der Waals surface area contributed by atoms with Crippen molar-refractivity contribution in [1.82, 2.24) is 15.4 Å². The smallest absolute Gasteiger partial charge is 0.352 e. The van der Waals surface area contributed by atoms with Crippen LogP contribution in [0.15, 0.2) is 10.6 Å². The van der Waals surface area contributed by atoms with Gasteiger partial charge in [0.25, 0.3) is 10.2 Å². The van der Waals surface area contributed by atoms with Crippen LogP contribution in [0.3, 0.4) is 0 Å². The summed E-state index contributed by atoms with van der Waals surface area (Å²) in [5.74, 6) is -2.09. The van der Waals surface area contributed by atoms with Crippen molar-refractivity contribution in [1.29, 1.82) is 0 Å². The van der Waals surface area contributed by atoms with Gasteiger partial charge in [-0.3, -0.25) is 0 Å². The summed E-state index contributed by atoms with van der Waals surface area (Å²) in [6.07, 6.45) is 0.385. The van der Waals surface area contributed by atoms with Gasteiger partial charge in [0.2, 0.25) is 0 Å². The summed E-state index contributed by atoms with van der Waals surface area (Å²) in [6, 6.07) is -0.597. The minimum atomic E-state index is -3.76. The van der Waals surface area contributed by atoms with Gasteiger partial charge in [-0.05, 0) is 13.3 Å². The van der Waals surface area contributed by atoms with Crippen molar-refractivity contribution in [2.45, 2.75) is 43.7 Å². The third kappa shape index (κ3) is 5.65. The fraction of sp³-hybridized carbons (Fsp3) is 0.733. The molecule has 1 fully saturated rings. The number of aliphatic hydroxyl groups is 1. The van der Waals surface area contributed by atoms with Gasteiger partial charge in [-0.1, -0.05) is 6.92 Å². The number of carbonyl (C=O) groups excluding carboxylic acids is 1. The van der Waals surface area contributed by atoms with Crippen LogP contribution in [0.2, 0.25) is 0 Å². The number of aldehydes is 1. The molecule has 2 heterocycles. The largest absolute Gasteiger partial charge is 0.477 e. The molecule has 0 bridgehead atoms. The van der Waals surface area contributed by atoms with Crippen LogP contribution in [0, 0.1) is 11.8 Å². The SMILES string of the molecule is C[C@@H](O)[C@@H](C=O)[C@@H]1NC(C(=O)O)=C(S[C@@H]2CN[C@H](CNS(N)(=O)=O)C2)[C@@H]1C. The molecule has 0 aromatic heterocycles. The Balaban J connectivity index is 2.06. The highest BCUT2D eigenvalue weighted by Gasteiger charge is 2.42. The number of hydrogen-bond donors (Lipinski definition) is 6. The zero-order valence-corrected chi connectivity index (χ0v) is 16.7. The van der Waals surface area contributed by atoms with Gasteiger partial charge in [0.05, 0.1) is 12.0 Å². The summed E-state index contributed by atoms with van der Waals surface area (Å²) < 4.78 is 24.2. The minimum absolute atomic E-state index is 0.0471. The molecule has 10 nitrogen and oxygen atoms in total. The molecule has 1 saturated heterocycles. The first-order valence-corrected chi connectivity index (χ1v) is 11.0. The Morgan fingerprint density at radius 3 is 2.70 bits per heavy atom. The van der Waals surface area contributed by atoms with E-state index in [4.69, 9.17) is 5.14 Å². The van der Waals surface area contributed by atoms with Crippen molar-refractivity contribution in [3.63, 3.8) is 0 Å². The maximum atomic E-state index is 11.6. The topological polar surface area (TPSA) is 171 Å². The first-order valence-electron chi connectivity index (χ1n) is 8.58. The first kappa shape index (κ1) is 22.1. The maximum absolute atomic E-state index is 11.6. The molecule has 0 spiro atoms. The third-order valence-corrected chi connectivity index (χ3v) is 6.95. The van der Waals surface area contributed by atoms with Gasteiger partial charge in [0, 0.05) is 41.2 Å². The van der Waals surface area contributed by atoms with E-state index in [-0.39, 0.29) is 29.5 Å². The Bertz CT molecular complexity index is 711. The summed E-state index contributed by atoms with van der Waals surface area (Å²) in [5.41, 5.74) is 0.0520. The van der Waals surface area contributed by atoms with Gasteiger partial charge in [0.15, 0.2) is 0 Å². The van der Waals surface area contributed by atoms with E-state index in [1.807, 2.05) is 6.92 Å². The van der Waals surface area contributed by atoms with E-state index in [0.29, 0.717) is 24.2 Å². The molecule has 2 aliphatic rings. The van der Waals surface area contributed by atoms with Crippen molar-refractivity contribution in [2.24, 2.45) is 17.0 Å². The highest BCUT2D eigenvalue weighted by molar-refractivity contribution is 8.03. The number of aliphatic carboxylic acids is 1. The van der Waals surface area contributed by atoms with E-state index in [0.717, 1.165) is 0 Å². The molecule has 12 heteroatoms. The average molecular weight is 423 g/mol. The van der Waals surface area contributed by atoms with Crippen molar-refractivity contribution in [3.8, 4) is 0 Å². The van der Waals surface area contributed by atoms with Crippen LogP contribution < -0.4 is 20.5 Å². The molecule has 6 atom stereocenters. The number of carbonyl (C=O) groups is 2. The van der Waals surface area contributed by atoms with Crippen LogP contribution in [0.1, 0.15) is 20.3 Å². The zero-order valence-electron chi connectivity index (χ0n) is 15.1. The fourth-order valence-electron chi connectivity index (χ4n) is 3.44. The van der Waals surface area contributed by atoms with Crippen LogP contribution in [0.25, 0.3) is 0 Å². The van der Waals surface area contributed by atoms with Crippen LogP contribution in [0.5, 0.6) is 0 Å². The lowest BCUT2D eigenvalue weighted by atomic mass is 9.89. The minimum Gasteiger partial charge on any atom is -0.477 e. The summed E-state index contributed by atoms with van der Waals surface area (Å²) in [6.45, 7) is 4.08. The number of carboxylic acid groups (broad SMARTS) is 1. The van der Waals surface area contributed by atoms with E-state index in [1.165, 1.54) is 18.7 Å². The van der Waals surface area contributed by atoms with E-state index in [1.54, 1.807) is 0 Å². The number of hydrogen-bond acceptors (Lipinski definition) is 8. The van der Waals surface area contributed by atoms with Crippen LogP contribution in [-0.4, -0.2) is 67.4 Å². The maximum Gasteiger partial charge on any atom is 0.352 e. The van der Waals surface area contributed by atoms with E-state index >= 15 is 0 Å². The molecule has 7 N–H and O–H groups in total. The Kier molecular flexibility index (Phi) is 7.27. The molecule has 0 aromatic rings. The quantitative estimate of drug-likeness (QED) is 0.238. The number of aliphatic hydroxyl groups excluding tert-OH is 1. The van der Waals surface area contributed by atoms with Crippen molar-refractivity contribution >= 4 is 34.2 Å². The molecule has 0 aromatic carbocycles. The Hall–Kier alpha value is -1.18.